The van der Waals surface area contributed by atoms with Crippen LogP contribution in [0.25, 0.3) is 10.8 Å². The summed E-state index contributed by atoms with van der Waals surface area (Å²) in [5.41, 5.74) is -0.0641. The topological polar surface area (TPSA) is 94.8 Å². The van der Waals surface area contributed by atoms with Crippen LogP contribution in [-0.4, -0.2) is 26.9 Å². The van der Waals surface area contributed by atoms with Crippen molar-refractivity contribution in [2.75, 3.05) is 0 Å². The van der Waals surface area contributed by atoms with Crippen LogP contribution in [0.2, 0.25) is 0 Å². The third kappa shape index (κ3) is 1.61. The molecule has 0 spiro atoms. The summed E-state index contributed by atoms with van der Waals surface area (Å²) in [6.45, 7) is 0. The molecule has 0 fully saturated rings. The Morgan fingerprint density at radius 3 is 1.74 bits per heavy atom. The summed E-state index contributed by atoms with van der Waals surface area (Å²) >= 11 is 0. The van der Waals surface area contributed by atoms with E-state index < -0.39 is 17.3 Å². The Kier molecular flexibility index (Phi) is 2.51. The van der Waals surface area contributed by atoms with Crippen LogP contribution in [0, 0.1) is 0 Å². The number of phenols is 3. The zero-order valence-corrected chi connectivity index (χ0v) is 11.7. The number of aromatic hydroxyl groups is 3. The van der Waals surface area contributed by atoms with Crippen molar-refractivity contribution in [3.05, 3.63) is 64.7 Å². The quantitative estimate of drug-likeness (QED) is 0.434. The number of rotatable bonds is 0. The summed E-state index contributed by atoms with van der Waals surface area (Å²) in [4.78, 5) is 25.3. The van der Waals surface area contributed by atoms with Crippen molar-refractivity contribution in [1.82, 2.24) is 0 Å². The molecule has 0 atom stereocenters. The van der Waals surface area contributed by atoms with E-state index in [9.17, 15) is 24.9 Å². The summed E-state index contributed by atoms with van der Waals surface area (Å²) in [5, 5.41) is 30.8. The highest BCUT2D eigenvalue weighted by Gasteiger charge is 2.35. The molecule has 0 amide bonds. The summed E-state index contributed by atoms with van der Waals surface area (Å²) in [7, 11) is 0. The lowest BCUT2D eigenvalue weighted by Gasteiger charge is -2.21. The predicted molar refractivity (Wildman–Crippen MR) is 82.2 cm³/mol. The van der Waals surface area contributed by atoms with Crippen molar-refractivity contribution in [2.24, 2.45) is 0 Å². The SMILES string of the molecule is O=C1c2ccccc2C(=O)c2c1c(O)c1ccc(O)cc1c2O. The van der Waals surface area contributed by atoms with Crippen molar-refractivity contribution in [3.8, 4) is 17.2 Å². The number of benzene rings is 3. The molecule has 4 rings (SSSR count). The smallest absolute Gasteiger partial charge is 0.198 e. The van der Waals surface area contributed by atoms with Gasteiger partial charge in [0, 0.05) is 21.9 Å². The highest BCUT2D eigenvalue weighted by atomic mass is 16.3. The van der Waals surface area contributed by atoms with E-state index in [4.69, 9.17) is 0 Å². The van der Waals surface area contributed by atoms with E-state index in [1.807, 2.05) is 0 Å². The maximum absolute atomic E-state index is 12.7. The largest absolute Gasteiger partial charge is 0.508 e. The number of ketones is 2. The summed E-state index contributed by atoms with van der Waals surface area (Å²) in [6, 6.07) is 10.2. The molecule has 0 aliphatic heterocycles. The van der Waals surface area contributed by atoms with E-state index in [2.05, 4.69) is 0 Å². The molecule has 1 aliphatic carbocycles. The normalized spacial score (nSPS) is 13.0. The third-order valence-corrected chi connectivity index (χ3v) is 4.11. The lowest BCUT2D eigenvalue weighted by Crippen LogP contribution is -2.21. The standard InChI is InChI=1S/C18H10O5/c19-8-5-6-11-12(7-8)18(23)14-13(17(11)22)15(20)9-3-1-2-4-10(9)16(14)21/h1-7,19,22-23H. The van der Waals surface area contributed by atoms with Crippen molar-refractivity contribution in [3.63, 3.8) is 0 Å². The molecule has 0 aromatic heterocycles. The number of carbonyl (C=O) groups is 2. The molecule has 5 nitrogen and oxygen atoms in total. The van der Waals surface area contributed by atoms with Gasteiger partial charge >= 0.3 is 0 Å². The number of carbonyl (C=O) groups excluding carboxylic acids is 2. The Labute approximate surface area is 130 Å². The molecule has 1 aliphatic rings. The Bertz CT molecular complexity index is 1030. The van der Waals surface area contributed by atoms with Gasteiger partial charge in [-0.15, -0.1) is 0 Å². The summed E-state index contributed by atoms with van der Waals surface area (Å²) in [6.07, 6.45) is 0. The fourth-order valence-electron chi connectivity index (χ4n) is 3.03. The number of hydrogen-bond donors (Lipinski definition) is 3. The molecule has 0 bridgehead atoms. The van der Waals surface area contributed by atoms with Crippen molar-refractivity contribution in [1.29, 1.82) is 0 Å². The molecular weight excluding hydrogens is 296 g/mol. The molecule has 3 aromatic carbocycles. The molecule has 0 saturated carbocycles. The van der Waals surface area contributed by atoms with Crippen LogP contribution in [0.15, 0.2) is 42.5 Å². The maximum Gasteiger partial charge on any atom is 0.198 e. The van der Waals surface area contributed by atoms with Gasteiger partial charge in [-0.2, -0.15) is 0 Å². The molecule has 0 saturated heterocycles. The molecule has 112 valence electrons. The Hall–Kier alpha value is -3.34. The van der Waals surface area contributed by atoms with Crippen molar-refractivity contribution < 1.29 is 24.9 Å². The van der Waals surface area contributed by atoms with Crippen LogP contribution in [0.3, 0.4) is 0 Å². The first-order valence-corrected chi connectivity index (χ1v) is 6.89. The highest BCUT2D eigenvalue weighted by Crippen LogP contribution is 2.44. The lowest BCUT2D eigenvalue weighted by molar-refractivity contribution is 0.0974. The fourth-order valence-corrected chi connectivity index (χ4v) is 3.03. The van der Waals surface area contributed by atoms with Crippen LogP contribution in [-0.2, 0) is 0 Å². The zero-order chi connectivity index (χ0) is 16.3. The van der Waals surface area contributed by atoms with Gasteiger partial charge < -0.3 is 15.3 Å². The maximum atomic E-state index is 12.7. The van der Waals surface area contributed by atoms with Gasteiger partial charge in [-0.05, 0) is 18.2 Å². The first kappa shape index (κ1) is 13.3. The van der Waals surface area contributed by atoms with E-state index in [0.29, 0.717) is 0 Å². The van der Waals surface area contributed by atoms with Gasteiger partial charge in [-0.1, -0.05) is 24.3 Å². The minimum absolute atomic E-state index is 0.113. The van der Waals surface area contributed by atoms with E-state index in [0.717, 1.165) is 0 Å². The molecular formula is C18H10O5. The predicted octanol–water partition coefficient (Wildman–Crippen LogP) is 2.73. The first-order chi connectivity index (χ1) is 11.0. The minimum Gasteiger partial charge on any atom is -0.508 e. The van der Waals surface area contributed by atoms with E-state index >= 15 is 0 Å². The molecule has 0 unspecified atom stereocenters. The van der Waals surface area contributed by atoms with Gasteiger partial charge in [0.25, 0.3) is 0 Å². The van der Waals surface area contributed by atoms with Crippen LogP contribution in [0.5, 0.6) is 17.2 Å². The second kappa shape index (κ2) is 4.33. The van der Waals surface area contributed by atoms with Gasteiger partial charge in [0.05, 0.1) is 11.1 Å². The molecule has 23 heavy (non-hydrogen) atoms. The summed E-state index contributed by atoms with van der Waals surface area (Å²) in [5.74, 6) is -1.97. The molecule has 0 heterocycles. The number of hydrogen-bond acceptors (Lipinski definition) is 5. The van der Waals surface area contributed by atoms with Crippen molar-refractivity contribution >= 4 is 22.3 Å². The highest BCUT2D eigenvalue weighted by molar-refractivity contribution is 6.32. The Morgan fingerprint density at radius 1 is 0.652 bits per heavy atom. The molecule has 3 aromatic rings. The molecule has 3 N–H and O–H groups in total. The minimum atomic E-state index is -0.534. The fraction of sp³-hybridized carbons (Fsp3) is 0. The van der Waals surface area contributed by atoms with E-state index in [1.165, 1.54) is 30.3 Å². The van der Waals surface area contributed by atoms with Crippen LogP contribution in [0.1, 0.15) is 31.8 Å². The Morgan fingerprint density at radius 2 is 1.17 bits per heavy atom. The van der Waals surface area contributed by atoms with Gasteiger partial charge in [0.2, 0.25) is 0 Å². The Balaban J connectivity index is 2.18. The zero-order valence-electron chi connectivity index (χ0n) is 11.7. The van der Waals surface area contributed by atoms with Gasteiger partial charge in [-0.25, -0.2) is 0 Å². The second-order valence-corrected chi connectivity index (χ2v) is 5.38. The van der Waals surface area contributed by atoms with Gasteiger partial charge in [-0.3, -0.25) is 9.59 Å². The van der Waals surface area contributed by atoms with Gasteiger partial charge in [0.15, 0.2) is 11.6 Å². The van der Waals surface area contributed by atoms with Crippen LogP contribution >= 0.6 is 0 Å². The monoisotopic (exact) mass is 306 g/mol. The van der Waals surface area contributed by atoms with E-state index in [-0.39, 0.29) is 44.5 Å². The lowest BCUT2D eigenvalue weighted by atomic mass is 9.81. The van der Waals surface area contributed by atoms with Gasteiger partial charge in [0.1, 0.15) is 17.2 Å². The van der Waals surface area contributed by atoms with E-state index in [1.54, 1.807) is 12.1 Å². The van der Waals surface area contributed by atoms with Crippen molar-refractivity contribution in [2.45, 2.75) is 0 Å². The first-order valence-electron chi connectivity index (χ1n) is 6.89. The second-order valence-electron chi connectivity index (χ2n) is 5.38. The average Bonchev–Trinajstić information content (AvgIpc) is 2.56. The third-order valence-electron chi connectivity index (χ3n) is 4.11. The number of fused-ring (bicyclic) bond motifs is 3. The number of phenolic OH excluding ortho intramolecular Hbond substituents is 3. The molecule has 5 heteroatoms. The summed E-state index contributed by atoms with van der Waals surface area (Å²) < 4.78 is 0. The van der Waals surface area contributed by atoms with Crippen LogP contribution in [0.4, 0.5) is 0 Å². The van der Waals surface area contributed by atoms with Crippen LogP contribution < -0.4 is 0 Å². The molecule has 0 radical (unpaired) electrons. The average molecular weight is 306 g/mol.